The van der Waals surface area contributed by atoms with Crippen LogP contribution in [0.25, 0.3) is 27.9 Å². The van der Waals surface area contributed by atoms with Crippen LogP contribution < -0.4 is 10.1 Å². The lowest BCUT2D eigenvalue weighted by Crippen LogP contribution is -2.30. The summed E-state index contributed by atoms with van der Waals surface area (Å²) in [4.78, 5) is 6.79. The summed E-state index contributed by atoms with van der Waals surface area (Å²) in [6.45, 7) is 4.98. The molecule has 1 aromatic carbocycles. The molecule has 0 aliphatic carbocycles. The fourth-order valence-corrected chi connectivity index (χ4v) is 3.83. The fourth-order valence-electron chi connectivity index (χ4n) is 3.83. The minimum absolute atomic E-state index is 0.406. The largest absolute Gasteiger partial charge is 0.492 e. The molecule has 160 valence electrons. The Morgan fingerprint density at radius 1 is 1.13 bits per heavy atom. The summed E-state index contributed by atoms with van der Waals surface area (Å²) in [6, 6.07) is 13.1. The van der Waals surface area contributed by atoms with Gasteiger partial charge in [0.2, 0.25) is 0 Å². The second-order valence-corrected chi connectivity index (χ2v) is 7.52. The molecular formula is C23H24N4O4. The minimum Gasteiger partial charge on any atom is -0.492 e. The molecule has 1 aliphatic rings. The van der Waals surface area contributed by atoms with Crippen molar-refractivity contribution in [2.24, 2.45) is 5.16 Å². The van der Waals surface area contributed by atoms with Gasteiger partial charge in [-0.25, -0.2) is 4.98 Å². The predicted octanol–water partition coefficient (Wildman–Crippen LogP) is 3.14. The van der Waals surface area contributed by atoms with Crippen LogP contribution in [-0.2, 0) is 4.74 Å². The Bertz CT molecular complexity index is 1260. The Kier molecular flexibility index (Phi) is 5.56. The lowest BCUT2D eigenvalue weighted by atomic mass is 10.2. The summed E-state index contributed by atoms with van der Waals surface area (Å²) in [5.41, 5.74) is 2.27. The Labute approximate surface area is 178 Å². The normalized spacial score (nSPS) is 16.1. The molecule has 8 heteroatoms. The van der Waals surface area contributed by atoms with Crippen LogP contribution in [0.15, 0.2) is 64.6 Å². The van der Waals surface area contributed by atoms with Crippen LogP contribution in [0.2, 0.25) is 0 Å². The Morgan fingerprint density at radius 3 is 3.03 bits per heavy atom. The standard InChI is InChI=1S/C23H24N4O4/c28-25-20-15-23(21-13-17-3-1-7-27(17)16-24-21)31-22-5-4-18(14-19(20)22)30-12-9-26-6-2-10-29-11-8-26/h1,3-5,7,13-16,28H,2,6,8-12H2. The molecule has 4 heterocycles. The molecular weight excluding hydrogens is 396 g/mol. The van der Waals surface area contributed by atoms with Crippen LogP contribution in [0.3, 0.4) is 0 Å². The zero-order valence-corrected chi connectivity index (χ0v) is 17.1. The molecule has 31 heavy (non-hydrogen) atoms. The highest BCUT2D eigenvalue weighted by Crippen LogP contribution is 2.24. The van der Waals surface area contributed by atoms with Gasteiger partial charge in [0, 0.05) is 44.0 Å². The maximum atomic E-state index is 9.61. The van der Waals surface area contributed by atoms with Gasteiger partial charge in [-0.15, -0.1) is 0 Å². The van der Waals surface area contributed by atoms with Gasteiger partial charge in [0.1, 0.15) is 29.0 Å². The third-order valence-corrected chi connectivity index (χ3v) is 5.48. The number of rotatable bonds is 5. The number of hydrogen-bond donors (Lipinski definition) is 1. The fraction of sp³-hybridized carbons (Fsp3) is 0.304. The van der Waals surface area contributed by atoms with Crippen LogP contribution in [-0.4, -0.2) is 58.9 Å². The zero-order chi connectivity index (χ0) is 21.0. The van der Waals surface area contributed by atoms with Crippen LogP contribution >= 0.6 is 0 Å². The number of benzene rings is 1. The Balaban J connectivity index is 1.38. The number of nitrogens with zero attached hydrogens (tertiary/aromatic N) is 4. The van der Waals surface area contributed by atoms with E-state index in [-0.39, 0.29) is 0 Å². The van der Waals surface area contributed by atoms with Crippen LogP contribution in [0, 0.1) is 0 Å². The third-order valence-electron chi connectivity index (χ3n) is 5.48. The van der Waals surface area contributed by atoms with E-state index in [1.54, 1.807) is 12.4 Å². The van der Waals surface area contributed by atoms with E-state index >= 15 is 0 Å². The number of hydrogen-bond acceptors (Lipinski definition) is 7. The number of aromatic nitrogens is 2. The van der Waals surface area contributed by atoms with Crippen molar-refractivity contribution in [1.29, 1.82) is 0 Å². The molecule has 0 radical (unpaired) electrons. The molecule has 8 nitrogen and oxygen atoms in total. The predicted molar refractivity (Wildman–Crippen MR) is 115 cm³/mol. The van der Waals surface area contributed by atoms with Gasteiger partial charge in [-0.3, -0.25) is 4.90 Å². The van der Waals surface area contributed by atoms with Gasteiger partial charge < -0.3 is 23.5 Å². The van der Waals surface area contributed by atoms with Gasteiger partial charge in [0.05, 0.1) is 18.3 Å². The first-order valence-corrected chi connectivity index (χ1v) is 10.4. The van der Waals surface area contributed by atoms with Crippen molar-refractivity contribution in [3.05, 3.63) is 60.3 Å². The molecule has 1 N–H and O–H groups in total. The summed E-state index contributed by atoms with van der Waals surface area (Å²) in [5.74, 6) is 1.24. The van der Waals surface area contributed by atoms with Crippen molar-refractivity contribution < 1.29 is 19.1 Å². The highest BCUT2D eigenvalue weighted by Gasteiger charge is 2.11. The molecule has 0 spiro atoms. The summed E-state index contributed by atoms with van der Waals surface area (Å²) in [6.07, 6.45) is 4.71. The van der Waals surface area contributed by atoms with Crippen molar-refractivity contribution in [3.8, 4) is 17.2 Å². The average molecular weight is 420 g/mol. The minimum atomic E-state index is 0.406. The van der Waals surface area contributed by atoms with E-state index in [2.05, 4.69) is 15.0 Å². The first-order chi connectivity index (χ1) is 15.3. The number of fused-ring (bicyclic) bond motifs is 2. The van der Waals surface area contributed by atoms with Gasteiger partial charge in [-0.05, 0) is 42.8 Å². The SMILES string of the molecule is ON=c1cc(-c2cc3cccn3cn2)oc2ccc(OCCN3CCCOCC3)cc12. The van der Waals surface area contributed by atoms with E-state index in [4.69, 9.17) is 13.9 Å². The molecule has 3 aromatic heterocycles. The van der Waals surface area contributed by atoms with Crippen molar-refractivity contribution in [3.63, 3.8) is 0 Å². The maximum Gasteiger partial charge on any atom is 0.155 e. The quantitative estimate of drug-likeness (QED) is 0.394. The van der Waals surface area contributed by atoms with E-state index in [9.17, 15) is 5.21 Å². The van der Waals surface area contributed by atoms with Crippen LogP contribution in [0.1, 0.15) is 6.42 Å². The van der Waals surface area contributed by atoms with Gasteiger partial charge in [0.15, 0.2) is 5.76 Å². The van der Waals surface area contributed by atoms with Gasteiger partial charge in [0.25, 0.3) is 0 Å². The Morgan fingerprint density at radius 2 is 2.10 bits per heavy atom. The van der Waals surface area contributed by atoms with E-state index in [0.29, 0.717) is 40.1 Å². The smallest absolute Gasteiger partial charge is 0.155 e. The van der Waals surface area contributed by atoms with Gasteiger partial charge in [-0.2, -0.15) is 0 Å². The molecule has 0 amide bonds. The molecule has 0 bridgehead atoms. The van der Waals surface area contributed by atoms with E-state index in [0.717, 1.165) is 44.8 Å². The summed E-state index contributed by atoms with van der Waals surface area (Å²) >= 11 is 0. The molecule has 1 aliphatic heterocycles. The first kappa shape index (κ1) is 19.6. The monoisotopic (exact) mass is 420 g/mol. The number of ether oxygens (including phenoxy) is 2. The molecule has 0 unspecified atom stereocenters. The molecule has 4 aromatic rings. The lowest BCUT2D eigenvalue weighted by Gasteiger charge is -2.19. The average Bonchev–Trinajstić information content (AvgIpc) is 3.12. The van der Waals surface area contributed by atoms with Crippen LogP contribution in [0.5, 0.6) is 5.75 Å². The highest BCUT2D eigenvalue weighted by molar-refractivity contribution is 5.80. The summed E-state index contributed by atoms with van der Waals surface area (Å²) < 4.78 is 19.4. The molecule has 5 rings (SSSR count). The topological polar surface area (TPSA) is 84.7 Å². The zero-order valence-electron chi connectivity index (χ0n) is 17.1. The van der Waals surface area contributed by atoms with E-state index < -0.39 is 0 Å². The summed E-state index contributed by atoms with van der Waals surface area (Å²) in [5, 5.41) is 14.2. The van der Waals surface area contributed by atoms with Gasteiger partial charge in [-0.1, -0.05) is 5.16 Å². The molecule has 1 fully saturated rings. The second kappa shape index (κ2) is 8.79. The molecule has 0 saturated carbocycles. The molecule has 0 atom stereocenters. The lowest BCUT2D eigenvalue weighted by molar-refractivity contribution is 0.137. The van der Waals surface area contributed by atoms with Crippen molar-refractivity contribution in [1.82, 2.24) is 14.3 Å². The van der Waals surface area contributed by atoms with E-state index in [1.165, 1.54) is 0 Å². The van der Waals surface area contributed by atoms with E-state index in [1.807, 2.05) is 47.0 Å². The van der Waals surface area contributed by atoms with Crippen molar-refractivity contribution in [2.45, 2.75) is 6.42 Å². The Hall–Kier alpha value is -3.36. The highest BCUT2D eigenvalue weighted by atomic mass is 16.5. The first-order valence-electron chi connectivity index (χ1n) is 10.4. The third kappa shape index (κ3) is 4.26. The second-order valence-electron chi connectivity index (χ2n) is 7.52. The maximum absolute atomic E-state index is 9.61. The van der Waals surface area contributed by atoms with Gasteiger partial charge >= 0.3 is 0 Å². The summed E-state index contributed by atoms with van der Waals surface area (Å²) in [7, 11) is 0. The van der Waals surface area contributed by atoms with Crippen molar-refractivity contribution >= 4 is 16.5 Å². The molecule has 1 saturated heterocycles. The van der Waals surface area contributed by atoms with Crippen molar-refractivity contribution in [2.75, 3.05) is 39.5 Å². The van der Waals surface area contributed by atoms with Crippen LogP contribution in [0.4, 0.5) is 0 Å².